The minimum Gasteiger partial charge on any atom is -0.481 e. The maximum atomic E-state index is 11.3. The molecule has 5 nitrogen and oxygen atoms in total. The summed E-state index contributed by atoms with van der Waals surface area (Å²) in [5.74, 6) is 0.523. The molecule has 0 radical (unpaired) electrons. The van der Waals surface area contributed by atoms with E-state index in [0.717, 1.165) is 17.1 Å². The molecule has 21 heavy (non-hydrogen) atoms. The Hall–Kier alpha value is -1.11. The quantitative estimate of drug-likeness (QED) is 0.629. The van der Waals surface area contributed by atoms with E-state index < -0.39 is 5.97 Å². The number of carboxylic acid groups (broad SMARTS) is 1. The molecule has 0 atom stereocenters. The number of carbonyl (C=O) groups excluding carboxylic acids is 1. The number of carbonyl (C=O) groups is 2. The van der Waals surface area contributed by atoms with E-state index in [2.05, 4.69) is 10.6 Å². The van der Waals surface area contributed by atoms with Gasteiger partial charge in [0, 0.05) is 34.6 Å². The van der Waals surface area contributed by atoms with Crippen molar-refractivity contribution in [1.29, 1.82) is 0 Å². The van der Waals surface area contributed by atoms with E-state index in [1.807, 2.05) is 6.07 Å². The summed E-state index contributed by atoms with van der Waals surface area (Å²) >= 11 is 13.5. The van der Waals surface area contributed by atoms with Crippen LogP contribution in [0.3, 0.4) is 0 Å². The van der Waals surface area contributed by atoms with Crippen molar-refractivity contribution in [2.75, 3.05) is 18.8 Å². The Kier molecular flexibility index (Phi) is 8.34. The lowest BCUT2D eigenvalue weighted by atomic mass is 10.2. The zero-order chi connectivity index (χ0) is 15.7. The van der Waals surface area contributed by atoms with Gasteiger partial charge >= 0.3 is 12.0 Å². The molecule has 116 valence electrons. The van der Waals surface area contributed by atoms with Gasteiger partial charge in [-0.3, -0.25) is 4.79 Å². The molecule has 0 saturated heterocycles. The molecule has 0 aliphatic rings. The molecule has 0 aliphatic carbocycles. The monoisotopic (exact) mass is 350 g/mol. The first-order valence-electron chi connectivity index (χ1n) is 6.24. The molecule has 0 spiro atoms. The largest absolute Gasteiger partial charge is 0.481 e. The molecule has 0 aromatic heterocycles. The van der Waals surface area contributed by atoms with Gasteiger partial charge < -0.3 is 15.7 Å². The van der Waals surface area contributed by atoms with Gasteiger partial charge in [0.05, 0.1) is 6.42 Å². The van der Waals surface area contributed by atoms with Crippen molar-refractivity contribution in [1.82, 2.24) is 10.6 Å². The average molecular weight is 351 g/mol. The third-order valence-corrected chi connectivity index (χ3v) is 4.02. The van der Waals surface area contributed by atoms with Crippen molar-refractivity contribution < 1.29 is 14.7 Å². The summed E-state index contributed by atoms with van der Waals surface area (Å²) in [6.07, 6.45) is -0.0861. The lowest BCUT2D eigenvalue weighted by Crippen LogP contribution is -2.37. The minimum atomic E-state index is -0.939. The van der Waals surface area contributed by atoms with Crippen molar-refractivity contribution in [3.63, 3.8) is 0 Å². The molecule has 0 unspecified atom stereocenters. The fraction of sp³-hybridized carbons (Fsp3) is 0.385. The number of hydrogen-bond acceptors (Lipinski definition) is 3. The zero-order valence-electron chi connectivity index (χ0n) is 11.2. The Morgan fingerprint density at radius 3 is 2.57 bits per heavy atom. The molecule has 0 saturated carbocycles. The summed E-state index contributed by atoms with van der Waals surface area (Å²) in [6, 6.07) is 5.01. The smallest absolute Gasteiger partial charge is 0.314 e. The highest BCUT2D eigenvalue weighted by molar-refractivity contribution is 7.98. The number of nitrogens with one attached hydrogen (secondary N) is 2. The SMILES string of the molecule is O=C(O)CCNC(=O)NCCSCc1ccc(Cl)cc1Cl. The van der Waals surface area contributed by atoms with E-state index in [0.29, 0.717) is 16.6 Å². The van der Waals surface area contributed by atoms with E-state index >= 15 is 0 Å². The minimum absolute atomic E-state index is 0.0861. The van der Waals surface area contributed by atoms with Crippen LogP contribution in [0.1, 0.15) is 12.0 Å². The number of halogens is 2. The summed E-state index contributed by atoms with van der Waals surface area (Å²) in [4.78, 5) is 21.6. The number of aliphatic carboxylic acids is 1. The standard InChI is InChI=1S/C13H16Cl2N2O3S/c14-10-2-1-9(11(15)7-10)8-21-6-5-17-13(20)16-4-3-12(18)19/h1-2,7H,3-6,8H2,(H,18,19)(H2,16,17,20). The molecule has 1 rings (SSSR count). The molecule has 1 aromatic rings. The van der Waals surface area contributed by atoms with Gasteiger partial charge in [-0.15, -0.1) is 0 Å². The van der Waals surface area contributed by atoms with Crippen molar-refractivity contribution in [3.05, 3.63) is 33.8 Å². The second kappa shape index (κ2) is 9.76. The first-order valence-corrected chi connectivity index (χ1v) is 8.15. The van der Waals surface area contributed by atoms with Crippen LogP contribution in [-0.2, 0) is 10.5 Å². The number of benzene rings is 1. The fourth-order valence-corrected chi connectivity index (χ4v) is 2.82. The molecule has 8 heteroatoms. The average Bonchev–Trinajstić information content (AvgIpc) is 2.40. The van der Waals surface area contributed by atoms with Crippen LogP contribution in [0.2, 0.25) is 10.0 Å². The lowest BCUT2D eigenvalue weighted by molar-refractivity contribution is -0.136. The molecule has 0 aliphatic heterocycles. The highest BCUT2D eigenvalue weighted by Gasteiger charge is 2.03. The third-order valence-electron chi connectivity index (χ3n) is 2.43. The summed E-state index contributed by atoms with van der Waals surface area (Å²) < 4.78 is 0. The number of urea groups is 1. The molecule has 1 aromatic carbocycles. The lowest BCUT2D eigenvalue weighted by Gasteiger charge is -2.07. The highest BCUT2D eigenvalue weighted by Crippen LogP contribution is 2.24. The second-order valence-corrected chi connectivity index (χ2v) is 6.06. The third kappa shape index (κ3) is 8.04. The topological polar surface area (TPSA) is 78.4 Å². The van der Waals surface area contributed by atoms with Crippen LogP contribution in [0.4, 0.5) is 4.79 Å². The Balaban J connectivity index is 2.11. The van der Waals surface area contributed by atoms with Crippen molar-refractivity contribution in [2.24, 2.45) is 0 Å². The van der Waals surface area contributed by atoms with Crippen molar-refractivity contribution >= 4 is 47.0 Å². The molecular weight excluding hydrogens is 335 g/mol. The highest BCUT2D eigenvalue weighted by atomic mass is 35.5. The Morgan fingerprint density at radius 1 is 1.19 bits per heavy atom. The fourth-order valence-electron chi connectivity index (χ4n) is 1.40. The van der Waals surface area contributed by atoms with Gasteiger partial charge in [0.2, 0.25) is 0 Å². The van der Waals surface area contributed by atoms with Gasteiger partial charge in [0.15, 0.2) is 0 Å². The Morgan fingerprint density at radius 2 is 1.90 bits per heavy atom. The van der Waals surface area contributed by atoms with Crippen LogP contribution in [0.5, 0.6) is 0 Å². The number of hydrogen-bond donors (Lipinski definition) is 3. The van der Waals surface area contributed by atoms with Crippen LogP contribution in [0.15, 0.2) is 18.2 Å². The first-order chi connectivity index (χ1) is 9.99. The van der Waals surface area contributed by atoms with E-state index in [9.17, 15) is 9.59 Å². The summed E-state index contributed by atoms with van der Waals surface area (Å²) in [5.41, 5.74) is 0.997. The summed E-state index contributed by atoms with van der Waals surface area (Å²) in [5, 5.41) is 14.8. The molecule has 2 amide bonds. The normalized spacial score (nSPS) is 10.2. The maximum absolute atomic E-state index is 11.3. The van der Waals surface area contributed by atoms with Crippen LogP contribution < -0.4 is 10.6 Å². The number of rotatable bonds is 8. The molecule has 0 bridgehead atoms. The molecule has 0 heterocycles. The van der Waals surface area contributed by atoms with Crippen LogP contribution in [0.25, 0.3) is 0 Å². The van der Waals surface area contributed by atoms with Gasteiger partial charge in [-0.1, -0.05) is 29.3 Å². The van der Waals surface area contributed by atoms with Crippen LogP contribution >= 0.6 is 35.0 Å². The summed E-state index contributed by atoms with van der Waals surface area (Å²) in [7, 11) is 0. The van der Waals surface area contributed by atoms with E-state index in [1.54, 1.807) is 23.9 Å². The zero-order valence-corrected chi connectivity index (χ0v) is 13.5. The van der Waals surface area contributed by atoms with E-state index in [-0.39, 0.29) is 19.0 Å². The van der Waals surface area contributed by atoms with Crippen LogP contribution in [-0.4, -0.2) is 35.9 Å². The van der Waals surface area contributed by atoms with Gasteiger partial charge in [0.1, 0.15) is 0 Å². The van der Waals surface area contributed by atoms with E-state index in [4.69, 9.17) is 28.3 Å². The molecule has 3 N–H and O–H groups in total. The maximum Gasteiger partial charge on any atom is 0.314 e. The van der Waals surface area contributed by atoms with Gasteiger partial charge in [-0.25, -0.2) is 4.79 Å². The first kappa shape index (κ1) is 17.9. The van der Waals surface area contributed by atoms with Gasteiger partial charge in [-0.05, 0) is 17.7 Å². The van der Waals surface area contributed by atoms with Crippen molar-refractivity contribution in [3.8, 4) is 0 Å². The van der Waals surface area contributed by atoms with Gasteiger partial charge in [0.25, 0.3) is 0 Å². The summed E-state index contributed by atoms with van der Waals surface area (Å²) in [6.45, 7) is 0.615. The Labute approximate surface area is 137 Å². The van der Waals surface area contributed by atoms with Crippen molar-refractivity contribution in [2.45, 2.75) is 12.2 Å². The number of amides is 2. The van der Waals surface area contributed by atoms with Crippen LogP contribution in [0, 0.1) is 0 Å². The second-order valence-electron chi connectivity index (χ2n) is 4.11. The molecular formula is C13H16Cl2N2O3S. The number of thioether (sulfide) groups is 1. The predicted molar refractivity (Wildman–Crippen MR) is 86.3 cm³/mol. The molecule has 0 fully saturated rings. The predicted octanol–water partition coefficient (Wildman–Crippen LogP) is 3.00. The number of carboxylic acids is 1. The Bertz CT molecular complexity index is 500. The van der Waals surface area contributed by atoms with Gasteiger partial charge in [-0.2, -0.15) is 11.8 Å². The van der Waals surface area contributed by atoms with E-state index in [1.165, 1.54) is 0 Å².